The van der Waals surface area contributed by atoms with Crippen molar-refractivity contribution in [2.24, 2.45) is 5.92 Å². The number of hydrogen-bond acceptors (Lipinski definition) is 3. The molecule has 0 aliphatic carbocycles. The topological polar surface area (TPSA) is 35.6 Å². The number of rotatable bonds is 7. The summed E-state index contributed by atoms with van der Waals surface area (Å²) in [6.45, 7) is 13.0. The summed E-state index contributed by atoms with van der Waals surface area (Å²) in [6.07, 6.45) is 1.20. The second kappa shape index (κ2) is 7.54. The van der Waals surface area contributed by atoms with Gasteiger partial charge in [-0.15, -0.1) is 0 Å². The SMILES string of the molecule is C=C(C)CN(CC)C(=O)CN1CCC(CNC)C1. The quantitative estimate of drug-likeness (QED) is 0.686. The van der Waals surface area contributed by atoms with E-state index < -0.39 is 0 Å². The molecule has 1 fully saturated rings. The predicted octanol–water partition coefficient (Wildman–Crippen LogP) is 0.952. The highest BCUT2D eigenvalue weighted by atomic mass is 16.2. The van der Waals surface area contributed by atoms with Crippen LogP contribution < -0.4 is 5.32 Å². The van der Waals surface area contributed by atoms with Gasteiger partial charge >= 0.3 is 0 Å². The third-order valence-electron chi connectivity index (χ3n) is 3.42. The van der Waals surface area contributed by atoms with Crippen molar-refractivity contribution < 1.29 is 4.79 Å². The van der Waals surface area contributed by atoms with Crippen molar-refractivity contribution in [3.05, 3.63) is 12.2 Å². The molecule has 0 spiro atoms. The maximum Gasteiger partial charge on any atom is 0.237 e. The molecule has 18 heavy (non-hydrogen) atoms. The molecule has 1 aliphatic rings. The molecule has 0 aromatic carbocycles. The van der Waals surface area contributed by atoms with Crippen LogP contribution in [0.5, 0.6) is 0 Å². The molecule has 4 nitrogen and oxygen atoms in total. The summed E-state index contributed by atoms with van der Waals surface area (Å²) in [5, 5.41) is 3.21. The monoisotopic (exact) mass is 253 g/mol. The average Bonchev–Trinajstić information content (AvgIpc) is 2.73. The van der Waals surface area contributed by atoms with Gasteiger partial charge in [0.1, 0.15) is 0 Å². The molecule has 1 unspecified atom stereocenters. The maximum atomic E-state index is 12.2. The van der Waals surface area contributed by atoms with Crippen LogP contribution in [0.2, 0.25) is 0 Å². The fourth-order valence-electron chi connectivity index (χ4n) is 2.51. The molecule has 104 valence electrons. The molecule has 1 amide bonds. The summed E-state index contributed by atoms with van der Waals surface area (Å²) < 4.78 is 0. The van der Waals surface area contributed by atoms with Crippen molar-refractivity contribution in [2.75, 3.05) is 46.3 Å². The minimum absolute atomic E-state index is 0.227. The van der Waals surface area contributed by atoms with E-state index >= 15 is 0 Å². The highest BCUT2D eigenvalue weighted by Crippen LogP contribution is 2.15. The molecule has 0 aromatic heterocycles. The van der Waals surface area contributed by atoms with Gasteiger partial charge in [-0.25, -0.2) is 0 Å². The Kier molecular flexibility index (Phi) is 6.36. The predicted molar refractivity (Wildman–Crippen MR) is 75.5 cm³/mol. The zero-order chi connectivity index (χ0) is 13.5. The lowest BCUT2D eigenvalue weighted by Gasteiger charge is -2.24. The van der Waals surface area contributed by atoms with E-state index in [0.717, 1.165) is 31.8 Å². The van der Waals surface area contributed by atoms with E-state index in [1.165, 1.54) is 6.42 Å². The Balaban J connectivity index is 2.37. The molecule has 1 rings (SSSR count). The zero-order valence-electron chi connectivity index (χ0n) is 12.0. The number of likely N-dealkylation sites (N-methyl/N-ethyl adjacent to an activating group) is 1. The lowest BCUT2D eigenvalue weighted by atomic mass is 10.1. The standard InChI is InChI=1S/C14H27N3O/c1-5-17(9-12(2)3)14(18)11-16-7-6-13(10-16)8-15-4/h13,15H,2,5-11H2,1,3-4H3. The van der Waals surface area contributed by atoms with E-state index in [1.807, 2.05) is 25.8 Å². The van der Waals surface area contributed by atoms with E-state index in [4.69, 9.17) is 0 Å². The van der Waals surface area contributed by atoms with Crippen LogP contribution >= 0.6 is 0 Å². The van der Waals surface area contributed by atoms with E-state index in [1.54, 1.807) is 0 Å². The van der Waals surface area contributed by atoms with Crippen molar-refractivity contribution in [3.8, 4) is 0 Å². The van der Waals surface area contributed by atoms with Crippen molar-refractivity contribution in [1.82, 2.24) is 15.1 Å². The van der Waals surface area contributed by atoms with Crippen LogP contribution in [0.1, 0.15) is 20.3 Å². The normalized spacial score (nSPS) is 20.1. The highest BCUT2D eigenvalue weighted by Gasteiger charge is 2.24. The lowest BCUT2D eigenvalue weighted by molar-refractivity contribution is -0.131. The van der Waals surface area contributed by atoms with E-state index in [2.05, 4.69) is 16.8 Å². The smallest absolute Gasteiger partial charge is 0.237 e. The number of nitrogens with zero attached hydrogens (tertiary/aromatic N) is 2. The number of nitrogens with one attached hydrogen (secondary N) is 1. The lowest BCUT2D eigenvalue weighted by Crippen LogP contribution is -2.40. The second-order valence-electron chi connectivity index (χ2n) is 5.31. The van der Waals surface area contributed by atoms with E-state index in [0.29, 0.717) is 19.0 Å². The molecular weight excluding hydrogens is 226 g/mol. The van der Waals surface area contributed by atoms with Crippen LogP contribution in [0.4, 0.5) is 0 Å². The molecule has 0 radical (unpaired) electrons. The maximum absolute atomic E-state index is 12.2. The highest BCUT2D eigenvalue weighted by molar-refractivity contribution is 5.78. The Morgan fingerprint density at radius 1 is 1.56 bits per heavy atom. The molecule has 1 atom stereocenters. The van der Waals surface area contributed by atoms with Crippen LogP contribution in [-0.2, 0) is 4.79 Å². The van der Waals surface area contributed by atoms with Crippen LogP contribution in [0, 0.1) is 5.92 Å². The number of amides is 1. The Bertz CT molecular complexity index is 291. The summed E-state index contributed by atoms with van der Waals surface area (Å²) in [7, 11) is 1.99. The van der Waals surface area contributed by atoms with Gasteiger partial charge in [0.15, 0.2) is 0 Å². The molecule has 4 heteroatoms. The van der Waals surface area contributed by atoms with Gasteiger partial charge in [-0.1, -0.05) is 12.2 Å². The summed E-state index contributed by atoms with van der Waals surface area (Å²) in [4.78, 5) is 16.3. The molecule has 0 aromatic rings. The first-order chi connectivity index (χ1) is 8.56. The van der Waals surface area contributed by atoms with Crippen molar-refractivity contribution in [3.63, 3.8) is 0 Å². The van der Waals surface area contributed by atoms with Crippen LogP contribution in [0.15, 0.2) is 12.2 Å². The Hall–Kier alpha value is -0.870. The average molecular weight is 253 g/mol. The van der Waals surface area contributed by atoms with Gasteiger partial charge in [0.2, 0.25) is 5.91 Å². The fourth-order valence-corrected chi connectivity index (χ4v) is 2.51. The number of hydrogen-bond donors (Lipinski definition) is 1. The van der Waals surface area contributed by atoms with Crippen LogP contribution in [0.3, 0.4) is 0 Å². The van der Waals surface area contributed by atoms with Gasteiger partial charge in [0.05, 0.1) is 6.54 Å². The second-order valence-corrected chi connectivity index (χ2v) is 5.31. The van der Waals surface area contributed by atoms with Gasteiger partial charge in [0, 0.05) is 19.6 Å². The molecule has 1 heterocycles. The largest absolute Gasteiger partial charge is 0.338 e. The fraction of sp³-hybridized carbons (Fsp3) is 0.786. The number of carbonyl (C=O) groups excluding carboxylic acids is 1. The Labute approximate surface area is 111 Å². The van der Waals surface area contributed by atoms with Gasteiger partial charge in [-0.3, -0.25) is 9.69 Å². The van der Waals surface area contributed by atoms with E-state index in [-0.39, 0.29) is 5.91 Å². The van der Waals surface area contributed by atoms with Gasteiger partial charge < -0.3 is 10.2 Å². The van der Waals surface area contributed by atoms with Gasteiger partial charge in [0.25, 0.3) is 0 Å². The molecular formula is C14H27N3O. The third kappa shape index (κ3) is 4.78. The number of carbonyl (C=O) groups is 1. The molecule has 1 N–H and O–H groups in total. The van der Waals surface area contributed by atoms with Crippen molar-refractivity contribution in [1.29, 1.82) is 0 Å². The summed E-state index contributed by atoms with van der Waals surface area (Å²) in [5.74, 6) is 0.921. The minimum Gasteiger partial charge on any atom is -0.338 e. The zero-order valence-corrected chi connectivity index (χ0v) is 12.0. The molecule has 1 aliphatic heterocycles. The Morgan fingerprint density at radius 2 is 2.28 bits per heavy atom. The van der Waals surface area contributed by atoms with Crippen LogP contribution in [-0.4, -0.2) is 62.0 Å². The first-order valence-corrected chi connectivity index (χ1v) is 6.85. The minimum atomic E-state index is 0.227. The third-order valence-corrected chi connectivity index (χ3v) is 3.42. The molecule has 1 saturated heterocycles. The molecule has 0 bridgehead atoms. The summed E-state index contributed by atoms with van der Waals surface area (Å²) in [6, 6.07) is 0. The summed E-state index contributed by atoms with van der Waals surface area (Å²) >= 11 is 0. The van der Waals surface area contributed by atoms with Gasteiger partial charge in [-0.2, -0.15) is 0 Å². The first-order valence-electron chi connectivity index (χ1n) is 6.85. The first kappa shape index (κ1) is 15.2. The van der Waals surface area contributed by atoms with E-state index in [9.17, 15) is 4.79 Å². The Morgan fingerprint density at radius 3 is 2.83 bits per heavy atom. The van der Waals surface area contributed by atoms with Crippen molar-refractivity contribution in [2.45, 2.75) is 20.3 Å². The number of likely N-dealkylation sites (tertiary alicyclic amines) is 1. The van der Waals surface area contributed by atoms with Crippen molar-refractivity contribution >= 4 is 5.91 Å². The summed E-state index contributed by atoms with van der Waals surface area (Å²) in [5.41, 5.74) is 1.04. The molecule has 0 saturated carbocycles. The van der Waals surface area contributed by atoms with Crippen LogP contribution in [0.25, 0.3) is 0 Å². The van der Waals surface area contributed by atoms with Gasteiger partial charge in [-0.05, 0) is 46.3 Å².